The molecule has 2 heterocycles. The molecule has 0 unspecified atom stereocenters. The van der Waals surface area contributed by atoms with Crippen molar-refractivity contribution in [3.8, 4) is 29.3 Å². The molecular weight excluding hydrogens is 394 g/mol. The average molecular weight is 405 g/mol. The number of aromatic nitrogens is 1. The van der Waals surface area contributed by atoms with Crippen LogP contribution in [0.2, 0.25) is 0 Å². The number of hydrogen-bond donors (Lipinski definition) is 2. The summed E-state index contributed by atoms with van der Waals surface area (Å²) >= 11 is 0. The number of esters is 1. The minimum atomic E-state index is -2.04. The number of nitrogens with zero attached hydrogens (tertiary/aromatic N) is 5. The third-order valence-corrected chi connectivity index (χ3v) is 4.26. The molecule has 1 aliphatic heterocycles. The molecule has 0 atom stereocenters. The van der Waals surface area contributed by atoms with Crippen LogP contribution < -0.4 is 16.3 Å². The van der Waals surface area contributed by atoms with Crippen LogP contribution >= 0.6 is 0 Å². The van der Waals surface area contributed by atoms with E-state index in [2.05, 4.69) is 10.7 Å². The Morgan fingerprint density at radius 2 is 1.90 bits per heavy atom. The zero-order valence-corrected chi connectivity index (χ0v) is 15.3. The van der Waals surface area contributed by atoms with Gasteiger partial charge in [-0.3, -0.25) is 20.3 Å². The predicted octanol–water partition coefficient (Wildman–Crippen LogP) is 1.18. The summed E-state index contributed by atoms with van der Waals surface area (Å²) in [5.74, 6) is -1.23. The number of nitro groups is 1. The van der Waals surface area contributed by atoms with E-state index in [4.69, 9.17) is 4.74 Å². The molecule has 0 spiro atoms. The number of nitrogens with one attached hydrogen (secondary N) is 2. The van der Waals surface area contributed by atoms with Crippen molar-refractivity contribution in [1.82, 2.24) is 4.68 Å². The van der Waals surface area contributed by atoms with E-state index in [0.717, 1.165) is 16.8 Å². The molecule has 2 aromatic rings. The van der Waals surface area contributed by atoms with Crippen molar-refractivity contribution < 1.29 is 14.5 Å². The molecular formula is C18H11N7O5. The first-order chi connectivity index (χ1) is 14.3. The van der Waals surface area contributed by atoms with E-state index in [1.54, 1.807) is 12.1 Å². The maximum absolute atomic E-state index is 13.1. The number of hydrogen-bond acceptors (Lipinski definition) is 10. The summed E-state index contributed by atoms with van der Waals surface area (Å²) in [6.45, 7) is 1.46. The lowest BCUT2D eigenvalue weighted by Crippen LogP contribution is -2.43. The lowest BCUT2D eigenvalue weighted by Gasteiger charge is -2.14. The second kappa shape index (κ2) is 7.26. The van der Waals surface area contributed by atoms with Gasteiger partial charge in [0.15, 0.2) is 5.82 Å². The van der Waals surface area contributed by atoms with Crippen molar-refractivity contribution in [3.05, 3.63) is 55.9 Å². The number of carbonyl (C=O) groups excluding carboxylic acids is 1. The number of nitriles is 3. The van der Waals surface area contributed by atoms with Gasteiger partial charge in [-0.15, -0.1) is 0 Å². The Balaban J connectivity index is 2.38. The van der Waals surface area contributed by atoms with Gasteiger partial charge in [-0.25, -0.2) is 9.47 Å². The molecule has 1 aromatic carbocycles. The zero-order valence-electron chi connectivity index (χ0n) is 15.3. The molecule has 0 fully saturated rings. The van der Waals surface area contributed by atoms with Crippen LogP contribution in [0.15, 0.2) is 29.1 Å². The van der Waals surface area contributed by atoms with Gasteiger partial charge in [-0.05, 0) is 24.6 Å². The fourth-order valence-corrected chi connectivity index (χ4v) is 2.94. The highest BCUT2D eigenvalue weighted by Gasteiger charge is 2.42. The fourth-order valence-electron chi connectivity index (χ4n) is 2.94. The van der Waals surface area contributed by atoms with Crippen LogP contribution in [0.1, 0.15) is 22.8 Å². The summed E-state index contributed by atoms with van der Waals surface area (Å²) in [7, 11) is 0. The molecule has 0 saturated heterocycles. The largest absolute Gasteiger partial charge is 0.462 e. The normalized spacial score (nSPS) is 12.9. The zero-order chi connectivity index (χ0) is 22.1. The number of nitro benzene ring substituents is 1. The lowest BCUT2D eigenvalue weighted by atomic mass is 9.95. The molecule has 30 heavy (non-hydrogen) atoms. The van der Waals surface area contributed by atoms with Crippen molar-refractivity contribution >= 4 is 17.5 Å². The van der Waals surface area contributed by atoms with E-state index in [0.29, 0.717) is 0 Å². The first kappa shape index (κ1) is 19.9. The van der Waals surface area contributed by atoms with Crippen LogP contribution in [0, 0.1) is 44.1 Å². The van der Waals surface area contributed by atoms with Gasteiger partial charge in [-0.1, -0.05) is 0 Å². The summed E-state index contributed by atoms with van der Waals surface area (Å²) in [5.41, 5.74) is -1.62. The summed E-state index contributed by atoms with van der Waals surface area (Å²) in [4.78, 5) is 35.9. The highest BCUT2D eigenvalue weighted by Crippen LogP contribution is 2.35. The van der Waals surface area contributed by atoms with E-state index < -0.39 is 27.7 Å². The fraction of sp³-hybridized carbons (Fsp3) is 0.167. The molecule has 12 nitrogen and oxygen atoms in total. The Hall–Kier alpha value is -4.89. The van der Waals surface area contributed by atoms with Crippen molar-refractivity contribution in [2.24, 2.45) is 0 Å². The highest BCUT2D eigenvalue weighted by molar-refractivity contribution is 6.00. The molecule has 2 N–H and O–H groups in total. The molecule has 1 aromatic heterocycles. The monoisotopic (exact) mass is 405 g/mol. The number of rotatable bonds is 4. The smallest absolute Gasteiger partial charge is 0.344 e. The minimum Gasteiger partial charge on any atom is -0.462 e. The Morgan fingerprint density at radius 1 is 1.27 bits per heavy atom. The van der Waals surface area contributed by atoms with Gasteiger partial charge >= 0.3 is 11.6 Å². The van der Waals surface area contributed by atoms with Crippen molar-refractivity contribution in [3.63, 3.8) is 0 Å². The molecule has 0 radical (unpaired) electrons. The first-order valence-corrected chi connectivity index (χ1v) is 8.36. The van der Waals surface area contributed by atoms with Crippen molar-refractivity contribution in [1.29, 1.82) is 15.8 Å². The highest BCUT2D eigenvalue weighted by atomic mass is 16.6. The van der Waals surface area contributed by atoms with Gasteiger partial charge < -0.3 is 10.1 Å². The standard InChI is InChI=1S/C18H11N7O5/c1-2-30-17(27)14-13(10-3-5-11(6-4-10)25(28)29)12(7-19)15-22-18(8-20,9-21)23-24(15)16(14)26/h3-6,22-23H,2H2,1H3. The predicted molar refractivity (Wildman–Crippen MR) is 100 cm³/mol. The Labute approximate surface area is 168 Å². The molecule has 3 rings (SSSR count). The van der Waals surface area contributed by atoms with Gasteiger partial charge in [0.2, 0.25) is 0 Å². The van der Waals surface area contributed by atoms with Crippen LogP contribution in [0.4, 0.5) is 11.5 Å². The second-order valence-electron chi connectivity index (χ2n) is 5.96. The summed E-state index contributed by atoms with van der Waals surface area (Å²) in [6, 6.07) is 10.0. The van der Waals surface area contributed by atoms with Crippen LogP contribution in [0.25, 0.3) is 11.1 Å². The molecule has 0 aliphatic carbocycles. The van der Waals surface area contributed by atoms with E-state index in [9.17, 15) is 35.5 Å². The van der Waals surface area contributed by atoms with Gasteiger partial charge in [0.25, 0.3) is 11.2 Å². The van der Waals surface area contributed by atoms with E-state index in [1.807, 2.05) is 6.07 Å². The molecule has 0 amide bonds. The molecule has 148 valence electrons. The number of non-ortho nitro benzene ring substituents is 1. The van der Waals surface area contributed by atoms with Crippen LogP contribution in [0.3, 0.4) is 0 Å². The number of pyridine rings is 1. The summed E-state index contributed by atoms with van der Waals surface area (Å²) in [5, 5.41) is 41.8. The van der Waals surface area contributed by atoms with Gasteiger partial charge in [0, 0.05) is 17.7 Å². The number of anilines is 1. The van der Waals surface area contributed by atoms with Gasteiger partial charge in [0.05, 0.1) is 11.5 Å². The first-order valence-electron chi connectivity index (χ1n) is 8.36. The average Bonchev–Trinajstić information content (AvgIpc) is 3.14. The number of carbonyl (C=O) groups is 1. The maximum atomic E-state index is 13.1. The topological polar surface area (TPSA) is 187 Å². The SMILES string of the molecule is CCOC(=O)c1c(-c2ccc([N+](=O)[O-])cc2)c(C#N)c2n(c1=O)NC(C#N)(C#N)N2. The Bertz CT molecular complexity index is 1240. The third-order valence-electron chi connectivity index (χ3n) is 4.26. The lowest BCUT2D eigenvalue weighted by molar-refractivity contribution is -0.384. The summed E-state index contributed by atoms with van der Waals surface area (Å²) in [6.07, 6.45) is 0. The number of benzene rings is 1. The van der Waals surface area contributed by atoms with Crippen LogP contribution in [-0.2, 0) is 4.74 Å². The Morgan fingerprint density at radius 3 is 2.40 bits per heavy atom. The Kier molecular flexibility index (Phi) is 4.81. The van der Waals surface area contributed by atoms with E-state index in [-0.39, 0.29) is 34.8 Å². The minimum absolute atomic E-state index is 0.0619. The van der Waals surface area contributed by atoms with E-state index >= 15 is 0 Å². The molecule has 1 aliphatic rings. The van der Waals surface area contributed by atoms with Gasteiger partial charge in [-0.2, -0.15) is 15.8 Å². The van der Waals surface area contributed by atoms with E-state index in [1.165, 1.54) is 19.1 Å². The van der Waals surface area contributed by atoms with Crippen molar-refractivity contribution in [2.75, 3.05) is 17.3 Å². The quantitative estimate of drug-likeness (QED) is 0.425. The van der Waals surface area contributed by atoms with Crippen LogP contribution in [0.5, 0.6) is 0 Å². The van der Waals surface area contributed by atoms with Crippen LogP contribution in [-0.4, -0.2) is 27.8 Å². The third kappa shape index (κ3) is 2.93. The number of ether oxygens (including phenoxy) is 1. The maximum Gasteiger partial charge on any atom is 0.344 e. The molecule has 12 heteroatoms. The van der Waals surface area contributed by atoms with Gasteiger partial charge in [0.1, 0.15) is 29.3 Å². The second-order valence-corrected chi connectivity index (χ2v) is 5.96. The number of fused-ring (bicyclic) bond motifs is 1. The molecule has 0 saturated carbocycles. The van der Waals surface area contributed by atoms with Crippen molar-refractivity contribution in [2.45, 2.75) is 12.6 Å². The summed E-state index contributed by atoms with van der Waals surface area (Å²) < 4.78 is 5.68. The molecule has 0 bridgehead atoms.